The molecule has 2 atom stereocenters. The molecule has 2 unspecified atom stereocenters. The van der Waals surface area contributed by atoms with Crippen LogP contribution in [0.25, 0.3) is 0 Å². The Morgan fingerprint density at radius 1 is 1.11 bits per heavy atom. The highest BCUT2D eigenvalue weighted by molar-refractivity contribution is 6.01. The van der Waals surface area contributed by atoms with Crippen molar-refractivity contribution in [3.05, 3.63) is 95.1 Å². The highest BCUT2D eigenvalue weighted by Crippen LogP contribution is 2.22. The Labute approximate surface area is 209 Å². The molecule has 190 valence electrons. The second-order valence-corrected chi connectivity index (χ2v) is 8.86. The Balaban J connectivity index is 1.40. The molecule has 1 N–H and O–H groups in total. The van der Waals surface area contributed by atoms with Crippen LogP contribution in [0.2, 0.25) is 0 Å². The molecule has 8 heteroatoms. The SMILES string of the molecule is COc1ccc(C2=NOC(CN(Cc3ccc(F)cc3F)CC(O)COc3ccccc3C)C2)cc1. The normalized spacial score (nSPS) is 15.9. The van der Waals surface area contributed by atoms with E-state index in [0.29, 0.717) is 24.3 Å². The van der Waals surface area contributed by atoms with E-state index in [2.05, 4.69) is 5.16 Å². The Morgan fingerprint density at radius 3 is 2.61 bits per heavy atom. The molecule has 6 nitrogen and oxygen atoms in total. The predicted molar refractivity (Wildman–Crippen MR) is 133 cm³/mol. The molecule has 0 radical (unpaired) electrons. The van der Waals surface area contributed by atoms with Crippen LogP contribution < -0.4 is 9.47 Å². The van der Waals surface area contributed by atoms with Gasteiger partial charge < -0.3 is 19.4 Å². The van der Waals surface area contributed by atoms with Gasteiger partial charge in [-0.1, -0.05) is 29.4 Å². The first-order valence-electron chi connectivity index (χ1n) is 11.8. The molecular formula is C28H30F2N2O4. The minimum Gasteiger partial charge on any atom is -0.497 e. The lowest BCUT2D eigenvalue weighted by atomic mass is 10.0. The number of nitrogens with zero attached hydrogens (tertiary/aromatic N) is 2. The molecule has 4 rings (SSSR count). The van der Waals surface area contributed by atoms with Crippen LogP contribution in [0.3, 0.4) is 0 Å². The first kappa shape index (κ1) is 25.6. The smallest absolute Gasteiger partial charge is 0.145 e. The maximum Gasteiger partial charge on any atom is 0.145 e. The highest BCUT2D eigenvalue weighted by Gasteiger charge is 2.26. The maximum atomic E-state index is 14.4. The number of halogens is 2. The fraction of sp³-hybridized carbons (Fsp3) is 0.321. The molecule has 36 heavy (non-hydrogen) atoms. The summed E-state index contributed by atoms with van der Waals surface area (Å²) in [5.74, 6) is 0.188. The van der Waals surface area contributed by atoms with E-state index < -0.39 is 17.7 Å². The number of rotatable bonds is 11. The summed E-state index contributed by atoms with van der Waals surface area (Å²) in [7, 11) is 1.61. The molecule has 0 amide bonds. The van der Waals surface area contributed by atoms with Gasteiger partial charge in [0.1, 0.15) is 41.9 Å². The molecule has 0 spiro atoms. The third-order valence-corrected chi connectivity index (χ3v) is 6.02. The minimum atomic E-state index is -0.837. The largest absolute Gasteiger partial charge is 0.497 e. The van der Waals surface area contributed by atoms with Crippen LogP contribution in [-0.4, -0.2) is 54.7 Å². The topological polar surface area (TPSA) is 63.5 Å². The van der Waals surface area contributed by atoms with Gasteiger partial charge in [0.05, 0.1) is 12.8 Å². The van der Waals surface area contributed by atoms with Gasteiger partial charge in [-0.05, 0) is 54.4 Å². The fourth-order valence-electron chi connectivity index (χ4n) is 4.12. The number of aliphatic hydroxyl groups is 1. The summed E-state index contributed by atoms with van der Waals surface area (Å²) in [4.78, 5) is 7.54. The van der Waals surface area contributed by atoms with Crippen LogP contribution in [0.15, 0.2) is 71.9 Å². The van der Waals surface area contributed by atoms with Crippen molar-refractivity contribution in [1.82, 2.24) is 4.90 Å². The molecule has 0 saturated heterocycles. The highest BCUT2D eigenvalue weighted by atomic mass is 19.1. The van der Waals surface area contributed by atoms with Gasteiger partial charge in [0.15, 0.2) is 0 Å². The van der Waals surface area contributed by atoms with Crippen molar-refractivity contribution >= 4 is 5.71 Å². The molecule has 0 bridgehead atoms. The summed E-state index contributed by atoms with van der Waals surface area (Å²) in [5, 5.41) is 15.0. The van der Waals surface area contributed by atoms with Crippen LogP contribution in [0.1, 0.15) is 23.1 Å². The Kier molecular flexibility index (Phi) is 8.51. The molecule has 3 aromatic rings. The van der Waals surface area contributed by atoms with Crippen LogP contribution >= 0.6 is 0 Å². The molecule has 0 fully saturated rings. The number of oxime groups is 1. The average Bonchev–Trinajstić information content (AvgIpc) is 3.33. The van der Waals surface area contributed by atoms with Crippen molar-refractivity contribution in [3.63, 3.8) is 0 Å². The number of hydrogen-bond donors (Lipinski definition) is 1. The minimum absolute atomic E-state index is 0.0758. The summed E-state index contributed by atoms with van der Waals surface area (Å²) in [6.45, 7) is 2.78. The standard InChI is InChI=1S/C28H30F2N2O4/c1-19-5-3-4-6-28(19)35-18-23(33)16-32(15-21-7-10-22(29)13-26(21)30)17-25-14-27(31-36-25)20-8-11-24(34-2)12-9-20/h3-13,23,25,33H,14-18H2,1-2H3. The zero-order valence-corrected chi connectivity index (χ0v) is 20.4. The summed E-state index contributed by atoms with van der Waals surface area (Å²) in [6, 6.07) is 18.6. The van der Waals surface area contributed by atoms with Crippen molar-refractivity contribution in [1.29, 1.82) is 0 Å². The quantitative estimate of drug-likeness (QED) is 0.416. The molecule has 0 aromatic heterocycles. The number of aliphatic hydroxyl groups excluding tert-OH is 1. The van der Waals surface area contributed by atoms with E-state index in [1.165, 1.54) is 12.1 Å². The average molecular weight is 497 g/mol. The van der Waals surface area contributed by atoms with E-state index in [9.17, 15) is 13.9 Å². The van der Waals surface area contributed by atoms with E-state index in [0.717, 1.165) is 28.7 Å². The Hall–Kier alpha value is -3.49. The van der Waals surface area contributed by atoms with E-state index >= 15 is 0 Å². The molecule has 1 heterocycles. The van der Waals surface area contributed by atoms with Gasteiger partial charge in [-0.2, -0.15) is 0 Å². The summed E-state index contributed by atoms with van der Waals surface area (Å²) in [6.07, 6.45) is -0.559. The molecule has 0 aliphatic carbocycles. The van der Waals surface area contributed by atoms with Crippen molar-refractivity contribution < 1.29 is 28.2 Å². The van der Waals surface area contributed by atoms with E-state index in [1.807, 2.05) is 60.4 Å². The van der Waals surface area contributed by atoms with Gasteiger partial charge in [0.25, 0.3) is 0 Å². The number of para-hydroxylation sites is 1. The lowest BCUT2D eigenvalue weighted by Crippen LogP contribution is -2.40. The van der Waals surface area contributed by atoms with Gasteiger partial charge in [-0.15, -0.1) is 0 Å². The van der Waals surface area contributed by atoms with Gasteiger partial charge in [-0.25, -0.2) is 8.78 Å². The van der Waals surface area contributed by atoms with E-state index in [4.69, 9.17) is 14.3 Å². The number of methoxy groups -OCH3 is 1. The number of ether oxygens (including phenoxy) is 2. The second kappa shape index (κ2) is 12.0. The van der Waals surface area contributed by atoms with Crippen molar-refractivity contribution in [3.8, 4) is 11.5 Å². The summed E-state index contributed by atoms with van der Waals surface area (Å²) >= 11 is 0. The third-order valence-electron chi connectivity index (χ3n) is 6.02. The fourth-order valence-corrected chi connectivity index (χ4v) is 4.12. The number of hydrogen-bond acceptors (Lipinski definition) is 6. The van der Waals surface area contributed by atoms with Crippen molar-refractivity contribution in [2.45, 2.75) is 32.1 Å². The lowest BCUT2D eigenvalue weighted by Gasteiger charge is -2.27. The second-order valence-electron chi connectivity index (χ2n) is 8.86. The zero-order valence-electron chi connectivity index (χ0n) is 20.4. The van der Waals surface area contributed by atoms with Crippen LogP contribution in [-0.2, 0) is 11.4 Å². The van der Waals surface area contributed by atoms with Gasteiger partial charge in [0.2, 0.25) is 0 Å². The lowest BCUT2D eigenvalue weighted by molar-refractivity contribution is 0.0209. The summed E-state index contributed by atoms with van der Waals surface area (Å²) < 4.78 is 38.8. The third kappa shape index (κ3) is 6.80. The zero-order chi connectivity index (χ0) is 25.5. The summed E-state index contributed by atoms with van der Waals surface area (Å²) in [5.41, 5.74) is 3.04. The predicted octanol–water partition coefficient (Wildman–Crippen LogP) is 4.72. The van der Waals surface area contributed by atoms with E-state index in [-0.39, 0.29) is 25.8 Å². The van der Waals surface area contributed by atoms with Crippen LogP contribution in [0, 0.1) is 18.6 Å². The van der Waals surface area contributed by atoms with Crippen molar-refractivity contribution in [2.24, 2.45) is 5.16 Å². The van der Waals surface area contributed by atoms with Crippen LogP contribution in [0.4, 0.5) is 8.78 Å². The van der Waals surface area contributed by atoms with E-state index in [1.54, 1.807) is 7.11 Å². The van der Waals surface area contributed by atoms with Crippen LogP contribution in [0.5, 0.6) is 11.5 Å². The number of aryl methyl sites for hydroxylation is 1. The first-order chi connectivity index (χ1) is 17.4. The van der Waals surface area contributed by atoms with Gasteiger partial charge >= 0.3 is 0 Å². The molecule has 0 saturated carbocycles. The Bertz CT molecular complexity index is 1190. The Morgan fingerprint density at radius 2 is 1.89 bits per heavy atom. The first-order valence-corrected chi connectivity index (χ1v) is 11.8. The molecule has 1 aliphatic heterocycles. The van der Waals surface area contributed by atoms with Gasteiger partial charge in [0, 0.05) is 37.7 Å². The maximum absolute atomic E-state index is 14.4. The molecule has 1 aliphatic rings. The van der Waals surface area contributed by atoms with Gasteiger partial charge in [-0.3, -0.25) is 4.90 Å². The monoisotopic (exact) mass is 496 g/mol. The van der Waals surface area contributed by atoms with Crippen molar-refractivity contribution in [2.75, 3.05) is 26.8 Å². The molecular weight excluding hydrogens is 466 g/mol. The molecule has 3 aromatic carbocycles. The number of benzene rings is 3.